The zero-order valence-corrected chi connectivity index (χ0v) is 12.5. The Morgan fingerprint density at radius 3 is 2.32 bits per heavy atom. The summed E-state index contributed by atoms with van der Waals surface area (Å²) in [6.45, 7) is 7.56. The number of hydrogen-bond donors (Lipinski definition) is 1. The van der Waals surface area contributed by atoms with Crippen LogP contribution in [0.4, 0.5) is 0 Å². The third kappa shape index (κ3) is 3.58. The van der Waals surface area contributed by atoms with Crippen LogP contribution >= 0.6 is 0 Å². The average molecular weight is 260 g/mol. The molecule has 1 unspecified atom stereocenters. The zero-order chi connectivity index (χ0) is 13.7. The van der Waals surface area contributed by atoms with Crippen LogP contribution in [0.5, 0.6) is 0 Å². The number of hydrogen-bond acceptors (Lipinski definition) is 2. The molecule has 1 atom stereocenters. The second-order valence-corrected chi connectivity index (χ2v) is 5.84. The van der Waals surface area contributed by atoms with Crippen LogP contribution < -0.4 is 5.73 Å². The molecular weight excluding hydrogens is 232 g/mol. The standard InChI is InChI=1S/C17H28N2/c1-14-9-8-10-16(15(14)2)17(13-18)19-11-6-4-3-5-7-12-19/h8-10,17H,3-7,11-13,18H2,1-2H3. The molecule has 1 aromatic rings. The second-order valence-electron chi connectivity index (χ2n) is 5.84. The first kappa shape index (κ1) is 14.5. The van der Waals surface area contributed by atoms with E-state index >= 15 is 0 Å². The zero-order valence-electron chi connectivity index (χ0n) is 12.5. The number of rotatable bonds is 3. The summed E-state index contributed by atoms with van der Waals surface area (Å²) in [6.07, 6.45) is 6.80. The summed E-state index contributed by atoms with van der Waals surface area (Å²) in [4.78, 5) is 2.61. The number of likely N-dealkylation sites (tertiary alicyclic amines) is 1. The minimum absolute atomic E-state index is 0.401. The smallest absolute Gasteiger partial charge is 0.0473 e. The molecule has 1 heterocycles. The van der Waals surface area contributed by atoms with E-state index in [4.69, 9.17) is 5.73 Å². The maximum atomic E-state index is 6.10. The van der Waals surface area contributed by atoms with Crippen molar-refractivity contribution in [3.05, 3.63) is 34.9 Å². The van der Waals surface area contributed by atoms with Crippen molar-refractivity contribution in [1.29, 1.82) is 0 Å². The molecule has 0 aromatic heterocycles. The van der Waals surface area contributed by atoms with Gasteiger partial charge in [0.1, 0.15) is 0 Å². The highest BCUT2D eigenvalue weighted by molar-refractivity contribution is 5.35. The van der Waals surface area contributed by atoms with Gasteiger partial charge in [-0.1, -0.05) is 37.5 Å². The molecule has 2 nitrogen and oxygen atoms in total. The van der Waals surface area contributed by atoms with Crippen LogP contribution in [-0.4, -0.2) is 24.5 Å². The lowest BCUT2D eigenvalue weighted by Crippen LogP contribution is -2.36. The van der Waals surface area contributed by atoms with Crippen LogP contribution in [0.3, 0.4) is 0 Å². The summed E-state index contributed by atoms with van der Waals surface area (Å²) in [5.41, 5.74) is 10.3. The molecule has 2 heteroatoms. The quantitative estimate of drug-likeness (QED) is 0.900. The van der Waals surface area contributed by atoms with E-state index in [0.717, 1.165) is 6.54 Å². The van der Waals surface area contributed by atoms with E-state index in [-0.39, 0.29) is 0 Å². The van der Waals surface area contributed by atoms with E-state index in [1.807, 2.05) is 0 Å². The summed E-state index contributed by atoms with van der Waals surface area (Å²) in [5.74, 6) is 0. The fourth-order valence-electron chi connectivity index (χ4n) is 3.19. The normalized spacial score (nSPS) is 19.7. The lowest BCUT2D eigenvalue weighted by atomic mass is 9.95. The molecule has 0 spiro atoms. The van der Waals surface area contributed by atoms with Crippen LogP contribution in [0.15, 0.2) is 18.2 Å². The molecule has 1 aromatic carbocycles. The van der Waals surface area contributed by atoms with Gasteiger partial charge in [-0.15, -0.1) is 0 Å². The van der Waals surface area contributed by atoms with E-state index in [1.165, 1.54) is 61.9 Å². The van der Waals surface area contributed by atoms with Crippen LogP contribution in [-0.2, 0) is 0 Å². The summed E-state index contributed by atoms with van der Waals surface area (Å²) < 4.78 is 0. The molecule has 1 saturated heterocycles. The fourth-order valence-corrected chi connectivity index (χ4v) is 3.19. The molecule has 2 rings (SSSR count). The second kappa shape index (κ2) is 7.06. The molecule has 1 aliphatic rings. The highest BCUT2D eigenvalue weighted by atomic mass is 15.2. The predicted molar refractivity (Wildman–Crippen MR) is 82.4 cm³/mol. The Hall–Kier alpha value is -0.860. The molecule has 1 fully saturated rings. The Labute approximate surface area is 118 Å². The molecule has 2 N–H and O–H groups in total. The van der Waals surface area contributed by atoms with E-state index in [2.05, 4.69) is 36.9 Å². The van der Waals surface area contributed by atoms with Gasteiger partial charge < -0.3 is 5.73 Å². The number of nitrogens with zero attached hydrogens (tertiary/aromatic N) is 1. The predicted octanol–water partition coefficient (Wildman–Crippen LogP) is 3.57. The maximum Gasteiger partial charge on any atom is 0.0473 e. The highest BCUT2D eigenvalue weighted by Gasteiger charge is 2.21. The van der Waals surface area contributed by atoms with Crippen molar-refractivity contribution >= 4 is 0 Å². The Kier molecular flexibility index (Phi) is 5.41. The Balaban J connectivity index is 2.19. The summed E-state index contributed by atoms with van der Waals surface area (Å²) in [7, 11) is 0. The molecule has 19 heavy (non-hydrogen) atoms. The van der Waals surface area contributed by atoms with Crippen molar-refractivity contribution in [3.8, 4) is 0 Å². The first-order valence-corrected chi connectivity index (χ1v) is 7.74. The van der Waals surface area contributed by atoms with Gasteiger partial charge in [0.2, 0.25) is 0 Å². The summed E-state index contributed by atoms with van der Waals surface area (Å²) in [6, 6.07) is 7.03. The monoisotopic (exact) mass is 260 g/mol. The lowest BCUT2D eigenvalue weighted by molar-refractivity contribution is 0.183. The topological polar surface area (TPSA) is 29.3 Å². The number of aryl methyl sites for hydroxylation is 1. The van der Waals surface area contributed by atoms with Crippen molar-refractivity contribution in [1.82, 2.24) is 4.90 Å². The molecule has 0 saturated carbocycles. The van der Waals surface area contributed by atoms with Crippen LogP contribution in [0, 0.1) is 13.8 Å². The van der Waals surface area contributed by atoms with Crippen molar-refractivity contribution in [2.75, 3.05) is 19.6 Å². The average Bonchev–Trinajstić information content (AvgIpc) is 2.37. The van der Waals surface area contributed by atoms with Gasteiger partial charge in [0.05, 0.1) is 0 Å². The summed E-state index contributed by atoms with van der Waals surface area (Å²) in [5, 5.41) is 0. The van der Waals surface area contributed by atoms with Crippen molar-refractivity contribution in [3.63, 3.8) is 0 Å². The molecule has 0 radical (unpaired) electrons. The first-order valence-electron chi connectivity index (χ1n) is 7.74. The van der Waals surface area contributed by atoms with Crippen molar-refractivity contribution < 1.29 is 0 Å². The van der Waals surface area contributed by atoms with Gasteiger partial charge in [0.15, 0.2) is 0 Å². The van der Waals surface area contributed by atoms with Gasteiger partial charge in [0.25, 0.3) is 0 Å². The molecule has 0 amide bonds. The van der Waals surface area contributed by atoms with Gasteiger partial charge in [0, 0.05) is 12.6 Å². The van der Waals surface area contributed by atoms with Gasteiger partial charge in [-0.25, -0.2) is 0 Å². The minimum Gasteiger partial charge on any atom is -0.329 e. The van der Waals surface area contributed by atoms with E-state index in [0.29, 0.717) is 6.04 Å². The SMILES string of the molecule is Cc1cccc(C(CN)N2CCCCCCC2)c1C. The van der Waals surface area contributed by atoms with Gasteiger partial charge >= 0.3 is 0 Å². The fraction of sp³-hybridized carbons (Fsp3) is 0.647. The van der Waals surface area contributed by atoms with Crippen molar-refractivity contribution in [2.24, 2.45) is 5.73 Å². The molecule has 106 valence electrons. The van der Waals surface area contributed by atoms with Gasteiger partial charge in [-0.3, -0.25) is 4.90 Å². The minimum atomic E-state index is 0.401. The van der Waals surface area contributed by atoms with E-state index < -0.39 is 0 Å². The van der Waals surface area contributed by atoms with E-state index in [9.17, 15) is 0 Å². The number of benzene rings is 1. The summed E-state index contributed by atoms with van der Waals surface area (Å²) >= 11 is 0. The maximum absolute atomic E-state index is 6.10. The van der Waals surface area contributed by atoms with Crippen LogP contribution in [0.2, 0.25) is 0 Å². The molecular formula is C17H28N2. The van der Waals surface area contributed by atoms with E-state index in [1.54, 1.807) is 0 Å². The van der Waals surface area contributed by atoms with Crippen LogP contribution in [0.1, 0.15) is 54.8 Å². The Morgan fingerprint density at radius 2 is 1.68 bits per heavy atom. The number of nitrogens with two attached hydrogens (primary N) is 1. The Bertz CT molecular complexity index is 392. The Morgan fingerprint density at radius 1 is 1.05 bits per heavy atom. The lowest BCUT2D eigenvalue weighted by Gasteiger charge is -2.33. The van der Waals surface area contributed by atoms with Gasteiger partial charge in [-0.2, -0.15) is 0 Å². The van der Waals surface area contributed by atoms with Crippen LogP contribution in [0.25, 0.3) is 0 Å². The first-order chi connectivity index (χ1) is 9.24. The third-order valence-electron chi connectivity index (χ3n) is 4.56. The molecule has 1 aliphatic heterocycles. The highest BCUT2D eigenvalue weighted by Crippen LogP contribution is 2.27. The largest absolute Gasteiger partial charge is 0.329 e. The molecule has 0 bridgehead atoms. The van der Waals surface area contributed by atoms with Gasteiger partial charge in [-0.05, 0) is 56.5 Å². The third-order valence-corrected chi connectivity index (χ3v) is 4.56. The van der Waals surface area contributed by atoms with Crippen molar-refractivity contribution in [2.45, 2.75) is 52.0 Å². The molecule has 0 aliphatic carbocycles.